The summed E-state index contributed by atoms with van der Waals surface area (Å²) in [6, 6.07) is 23.5. The van der Waals surface area contributed by atoms with E-state index in [9.17, 15) is 4.79 Å². The van der Waals surface area contributed by atoms with Crippen LogP contribution >= 0.6 is 0 Å². The number of carbonyl (C=O) groups excluding carboxylic acids is 1. The highest BCUT2D eigenvalue weighted by Gasteiger charge is 2.19. The number of oxazole rings is 1. The van der Waals surface area contributed by atoms with E-state index in [0.717, 1.165) is 33.5 Å². The molecule has 5 aromatic rings. The van der Waals surface area contributed by atoms with E-state index in [0.29, 0.717) is 18.0 Å². The lowest BCUT2D eigenvalue weighted by atomic mass is 9.87. The number of amides is 1. The Balaban J connectivity index is 1.41. The molecule has 2 N–H and O–H groups in total. The minimum atomic E-state index is -0.0678. The summed E-state index contributed by atoms with van der Waals surface area (Å²) in [5.41, 5.74) is 6.88. The van der Waals surface area contributed by atoms with Gasteiger partial charge in [0.1, 0.15) is 5.52 Å². The number of hydrogen-bond acceptors (Lipinski definition) is 4. The molecule has 0 radical (unpaired) electrons. The molecule has 6 nitrogen and oxygen atoms in total. The fourth-order valence-electron chi connectivity index (χ4n) is 3.92. The molecule has 0 fully saturated rings. The number of H-pyrrole nitrogens is 1. The molecule has 34 heavy (non-hydrogen) atoms. The zero-order valence-corrected chi connectivity index (χ0v) is 19.4. The lowest BCUT2D eigenvalue weighted by molar-refractivity contribution is -0.115. The molecule has 5 rings (SSSR count). The molecule has 0 aliphatic heterocycles. The molecule has 6 heteroatoms. The fourth-order valence-corrected chi connectivity index (χ4v) is 3.92. The van der Waals surface area contributed by atoms with Gasteiger partial charge < -0.3 is 9.73 Å². The second kappa shape index (κ2) is 8.63. The normalized spacial score (nSPS) is 11.6. The standard InChI is InChI=1S/C28H26N4O2/c1-28(2,3)20-12-13-24-23(16-20)31-27(34-24)22-17-29-32-26(22)19-10-7-11-21(15-19)30-25(33)14-18-8-5-4-6-9-18/h4-13,15-17H,14H2,1-3H3,(H,29,32)(H,30,33). The van der Waals surface area contributed by atoms with E-state index >= 15 is 0 Å². The number of benzene rings is 3. The van der Waals surface area contributed by atoms with Crippen LogP contribution in [0.4, 0.5) is 5.69 Å². The molecule has 3 aromatic carbocycles. The van der Waals surface area contributed by atoms with Crippen molar-refractivity contribution in [2.24, 2.45) is 0 Å². The van der Waals surface area contributed by atoms with Crippen LogP contribution in [0, 0.1) is 0 Å². The number of aromatic amines is 1. The molecule has 0 aliphatic carbocycles. The van der Waals surface area contributed by atoms with Crippen molar-refractivity contribution in [3.05, 3.63) is 90.1 Å². The van der Waals surface area contributed by atoms with Gasteiger partial charge in [-0.05, 0) is 40.8 Å². The van der Waals surface area contributed by atoms with Crippen LogP contribution in [-0.4, -0.2) is 21.1 Å². The van der Waals surface area contributed by atoms with Gasteiger partial charge >= 0.3 is 0 Å². The van der Waals surface area contributed by atoms with Gasteiger partial charge in [0, 0.05) is 11.3 Å². The lowest BCUT2D eigenvalue weighted by Crippen LogP contribution is -2.14. The van der Waals surface area contributed by atoms with Crippen LogP contribution in [0.15, 0.2) is 83.4 Å². The highest BCUT2D eigenvalue weighted by Crippen LogP contribution is 2.34. The quantitative estimate of drug-likeness (QED) is 0.326. The monoisotopic (exact) mass is 450 g/mol. The Hall–Kier alpha value is -4.19. The van der Waals surface area contributed by atoms with Crippen molar-refractivity contribution < 1.29 is 9.21 Å². The predicted molar refractivity (Wildman–Crippen MR) is 135 cm³/mol. The number of anilines is 1. The van der Waals surface area contributed by atoms with E-state index in [4.69, 9.17) is 9.40 Å². The van der Waals surface area contributed by atoms with Gasteiger partial charge in [0.25, 0.3) is 0 Å². The van der Waals surface area contributed by atoms with Crippen LogP contribution in [0.5, 0.6) is 0 Å². The van der Waals surface area contributed by atoms with E-state index in [-0.39, 0.29) is 11.3 Å². The zero-order chi connectivity index (χ0) is 23.7. The number of fused-ring (bicyclic) bond motifs is 1. The Kier molecular flexibility index (Phi) is 5.49. The van der Waals surface area contributed by atoms with E-state index < -0.39 is 0 Å². The Labute approximate surface area is 198 Å². The molecule has 2 heterocycles. The van der Waals surface area contributed by atoms with Crippen molar-refractivity contribution in [3.63, 3.8) is 0 Å². The third-order valence-electron chi connectivity index (χ3n) is 5.77. The summed E-state index contributed by atoms with van der Waals surface area (Å²) in [5.74, 6) is 0.435. The van der Waals surface area contributed by atoms with Gasteiger partial charge in [-0.25, -0.2) is 4.98 Å². The van der Waals surface area contributed by atoms with Crippen LogP contribution in [0.3, 0.4) is 0 Å². The summed E-state index contributed by atoms with van der Waals surface area (Å²) in [7, 11) is 0. The molecular weight excluding hydrogens is 424 g/mol. The molecular formula is C28H26N4O2. The second-order valence-corrected chi connectivity index (χ2v) is 9.40. The van der Waals surface area contributed by atoms with Gasteiger partial charge in [0.05, 0.1) is 23.9 Å². The number of carbonyl (C=O) groups is 1. The molecule has 170 valence electrons. The maximum atomic E-state index is 12.5. The number of nitrogens with one attached hydrogen (secondary N) is 2. The SMILES string of the molecule is CC(C)(C)c1ccc2oc(-c3cn[nH]c3-c3cccc(NC(=O)Cc4ccccc4)c3)nc2c1. The number of nitrogens with zero attached hydrogens (tertiary/aromatic N) is 2. The predicted octanol–water partition coefficient (Wildman–Crippen LogP) is 6.36. The largest absolute Gasteiger partial charge is 0.436 e. The Morgan fingerprint density at radius 1 is 1.00 bits per heavy atom. The number of hydrogen-bond donors (Lipinski definition) is 2. The average molecular weight is 451 g/mol. The Bertz CT molecular complexity index is 1460. The van der Waals surface area contributed by atoms with Gasteiger partial charge in [-0.2, -0.15) is 5.10 Å². The van der Waals surface area contributed by atoms with Crippen LogP contribution in [0.25, 0.3) is 33.8 Å². The summed E-state index contributed by atoms with van der Waals surface area (Å²) in [6.07, 6.45) is 2.03. The van der Waals surface area contributed by atoms with Crippen molar-refractivity contribution in [1.29, 1.82) is 0 Å². The average Bonchev–Trinajstić information content (AvgIpc) is 3.46. The highest BCUT2D eigenvalue weighted by molar-refractivity contribution is 5.93. The molecule has 0 saturated carbocycles. The molecule has 0 bridgehead atoms. The minimum absolute atomic E-state index is 0.0273. The number of aromatic nitrogens is 3. The summed E-state index contributed by atoms with van der Waals surface area (Å²) < 4.78 is 6.06. The maximum Gasteiger partial charge on any atom is 0.231 e. The first-order chi connectivity index (χ1) is 16.4. The summed E-state index contributed by atoms with van der Waals surface area (Å²) in [5, 5.41) is 10.3. The van der Waals surface area contributed by atoms with Crippen molar-refractivity contribution >= 4 is 22.7 Å². The van der Waals surface area contributed by atoms with Crippen molar-refractivity contribution in [1.82, 2.24) is 15.2 Å². The molecule has 0 atom stereocenters. The first-order valence-corrected chi connectivity index (χ1v) is 11.3. The van der Waals surface area contributed by atoms with E-state index in [1.54, 1.807) is 6.20 Å². The third-order valence-corrected chi connectivity index (χ3v) is 5.77. The summed E-state index contributed by atoms with van der Waals surface area (Å²) in [6.45, 7) is 6.53. The van der Waals surface area contributed by atoms with Gasteiger partial charge in [-0.3, -0.25) is 9.89 Å². The fraction of sp³-hybridized carbons (Fsp3) is 0.179. The minimum Gasteiger partial charge on any atom is -0.436 e. The lowest BCUT2D eigenvalue weighted by Gasteiger charge is -2.18. The molecule has 0 spiro atoms. The van der Waals surface area contributed by atoms with Crippen LogP contribution in [0.1, 0.15) is 31.9 Å². The smallest absolute Gasteiger partial charge is 0.231 e. The molecule has 0 saturated heterocycles. The van der Waals surface area contributed by atoms with Crippen LogP contribution < -0.4 is 5.32 Å². The first kappa shape index (κ1) is 21.6. The van der Waals surface area contributed by atoms with Gasteiger partial charge in [-0.1, -0.05) is 69.3 Å². The van der Waals surface area contributed by atoms with Gasteiger partial charge in [0.2, 0.25) is 11.8 Å². The van der Waals surface area contributed by atoms with Gasteiger partial charge in [0.15, 0.2) is 5.58 Å². The van der Waals surface area contributed by atoms with Crippen LogP contribution in [0.2, 0.25) is 0 Å². The zero-order valence-electron chi connectivity index (χ0n) is 19.4. The second-order valence-electron chi connectivity index (χ2n) is 9.40. The third kappa shape index (κ3) is 4.48. The van der Waals surface area contributed by atoms with Crippen molar-refractivity contribution in [3.8, 4) is 22.7 Å². The molecule has 0 unspecified atom stereocenters. The Morgan fingerprint density at radius 3 is 2.62 bits per heavy atom. The first-order valence-electron chi connectivity index (χ1n) is 11.3. The van der Waals surface area contributed by atoms with E-state index in [2.05, 4.69) is 48.4 Å². The van der Waals surface area contributed by atoms with E-state index in [1.807, 2.05) is 60.7 Å². The van der Waals surface area contributed by atoms with Crippen LogP contribution in [-0.2, 0) is 16.6 Å². The maximum absolute atomic E-state index is 12.5. The highest BCUT2D eigenvalue weighted by atomic mass is 16.3. The van der Waals surface area contributed by atoms with E-state index in [1.165, 1.54) is 5.56 Å². The summed E-state index contributed by atoms with van der Waals surface area (Å²) in [4.78, 5) is 17.2. The van der Waals surface area contributed by atoms with Gasteiger partial charge in [-0.15, -0.1) is 0 Å². The Morgan fingerprint density at radius 2 is 1.82 bits per heavy atom. The molecule has 2 aromatic heterocycles. The number of rotatable bonds is 5. The van der Waals surface area contributed by atoms with Crippen molar-refractivity contribution in [2.45, 2.75) is 32.6 Å². The van der Waals surface area contributed by atoms with Crippen molar-refractivity contribution in [2.75, 3.05) is 5.32 Å². The molecule has 0 aliphatic rings. The topological polar surface area (TPSA) is 83.8 Å². The molecule has 1 amide bonds. The summed E-state index contributed by atoms with van der Waals surface area (Å²) >= 11 is 0.